The lowest BCUT2D eigenvalue weighted by atomic mass is 10.1. The van der Waals surface area contributed by atoms with Crippen LogP contribution in [0.3, 0.4) is 0 Å². The predicted molar refractivity (Wildman–Crippen MR) is 98.9 cm³/mol. The maximum Gasteiger partial charge on any atom is 0.254 e. The molecule has 2 heterocycles. The Hall–Kier alpha value is -3.59. The van der Waals surface area contributed by atoms with Gasteiger partial charge in [-0.1, -0.05) is 30.3 Å². The van der Waals surface area contributed by atoms with Gasteiger partial charge in [0.1, 0.15) is 6.61 Å². The summed E-state index contributed by atoms with van der Waals surface area (Å²) in [4.78, 5) is 14.5. The van der Waals surface area contributed by atoms with E-state index in [1.807, 2.05) is 58.1 Å². The van der Waals surface area contributed by atoms with Crippen molar-refractivity contribution in [1.29, 1.82) is 5.26 Å². The van der Waals surface area contributed by atoms with Gasteiger partial charge in [-0.25, -0.2) is 0 Å². The van der Waals surface area contributed by atoms with Crippen molar-refractivity contribution in [2.45, 2.75) is 19.7 Å². The molecule has 1 aliphatic heterocycles. The van der Waals surface area contributed by atoms with E-state index in [1.54, 1.807) is 12.1 Å². The Morgan fingerprint density at radius 3 is 2.78 bits per heavy atom. The third-order valence-corrected chi connectivity index (χ3v) is 4.53. The molecule has 2 aromatic carbocycles. The molecule has 0 saturated carbocycles. The Kier molecular flexibility index (Phi) is 4.58. The number of carbonyl (C=O) groups excluding carboxylic acids is 1. The lowest BCUT2D eigenvalue weighted by molar-refractivity contribution is 0.0706. The number of carbonyl (C=O) groups is 1. The highest BCUT2D eigenvalue weighted by molar-refractivity contribution is 5.94. The number of aromatic nitrogens is 2. The number of fused-ring (bicyclic) bond motifs is 1. The molecule has 0 bridgehead atoms. The molecule has 0 radical (unpaired) electrons. The minimum Gasteiger partial charge on any atom is -0.472 e. The summed E-state index contributed by atoms with van der Waals surface area (Å²) in [6.07, 6.45) is 0. The Bertz CT molecular complexity index is 1000. The van der Waals surface area contributed by atoms with E-state index in [2.05, 4.69) is 11.2 Å². The molecule has 0 fully saturated rings. The molecular weight excluding hydrogens is 340 g/mol. The molecule has 6 nitrogen and oxygen atoms in total. The number of amides is 1. The summed E-state index contributed by atoms with van der Waals surface area (Å²) < 4.78 is 7.66. The molecule has 0 atom stereocenters. The van der Waals surface area contributed by atoms with Gasteiger partial charge >= 0.3 is 0 Å². The van der Waals surface area contributed by atoms with Crippen LogP contribution in [0.5, 0.6) is 5.88 Å². The van der Waals surface area contributed by atoms with Crippen LogP contribution in [0.25, 0.3) is 0 Å². The zero-order valence-corrected chi connectivity index (χ0v) is 14.7. The van der Waals surface area contributed by atoms with Crippen molar-refractivity contribution in [2.24, 2.45) is 0 Å². The molecule has 3 aromatic rings. The molecule has 0 N–H and O–H groups in total. The van der Waals surface area contributed by atoms with Gasteiger partial charge in [0.2, 0.25) is 5.88 Å². The SMILES string of the molecule is N#Cc1cccc(COc2cc3n(n2)CCN(C(=O)c2ccccc2)C3)c1. The van der Waals surface area contributed by atoms with Crippen molar-refractivity contribution in [3.8, 4) is 11.9 Å². The van der Waals surface area contributed by atoms with Crippen LogP contribution < -0.4 is 4.74 Å². The summed E-state index contributed by atoms with van der Waals surface area (Å²) in [6, 6.07) is 20.6. The third-order valence-electron chi connectivity index (χ3n) is 4.53. The van der Waals surface area contributed by atoms with Crippen molar-refractivity contribution in [2.75, 3.05) is 6.54 Å². The number of nitriles is 1. The lowest BCUT2D eigenvalue weighted by Crippen LogP contribution is -2.38. The minimum absolute atomic E-state index is 0.0267. The third kappa shape index (κ3) is 3.67. The van der Waals surface area contributed by atoms with Crippen molar-refractivity contribution in [3.63, 3.8) is 0 Å². The van der Waals surface area contributed by atoms with Gasteiger partial charge in [0.15, 0.2) is 0 Å². The molecule has 134 valence electrons. The summed E-state index contributed by atoms with van der Waals surface area (Å²) in [5.74, 6) is 0.556. The molecular formula is C21H18N4O2. The molecule has 0 aliphatic carbocycles. The molecule has 1 amide bonds. The zero-order chi connectivity index (χ0) is 18.6. The Balaban J connectivity index is 1.43. The van der Waals surface area contributed by atoms with Crippen LogP contribution in [0.15, 0.2) is 60.7 Å². The van der Waals surface area contributed by atoms with E-state index in [-0.39, 0.29) is 5.91 Å². The normalized spacial score (nSPS) is 12.9. The van der Waals surface area contributed by atoms with Crippen LogP contribution in [0.4, 0.5) is 0 Å². The molecule has 0 unspecified atom stereocenters. The largest absolute Gasteiger partial charge is 0.472 e. The van der Waals surface area contributed by atoms with Crippen LogP contribution >= 0.6 is 0 Å². The monoisotopic (exact) mass is 358 g/mol. The van der Waals surface area contributed by atoms with Crippen LogP contribution in [-0.2, 0) is 19.7 Å². The van der Waals surface area contributed by atoms with Crippen molar-refractivity contribution < 1.29 is 9.53 Å². The summed E-state index contributed by atoms with van der Waals surface area (Å²) >= 11 is 0. The van der Waals surface area contributed by atoms with Gasteiger partial charge in [-0.05, 0) is 29.8 Å². The number of nitrogens with zero attached hydrogens (tertiary/aromatic N) is 4. The Morgan fingerprint density at radius 2 is 1.96 bits per heavy atom. The Labute approximate surface area is 157 Å². The van der Waals surface area contributed by atoms with E-state index in [1.165, 1.54) is 0 Å². The van der Waals surface area contributed by atoms with Crippen LogP contribution in [0, 0.1) is 11.3 Å². The van der Waals surface area contributed by atoms with E-state index in [0.717, 1.165) is 11.3 Å². The van der Waals surface area contributed by atoms with Crippen LogP contribution in [-0.4, -0.2) is 27.1 Å². The second-order valence-electron chi connectivity index (χ2n) is 6.39. The second kappa shape index (κ2) is 7.34. The topological polar surface area (TPSA) is 71.2 Å². The molecule has 0 spiro atoms. The fourth-order valence-corrected chi connectivity index (χ4v) is 3.14. The van der Waals surface area contributed by atoms with Crippen molar-refractivity contribution in [3.05, 3.63) is 83.0 Å². The number of hydrogen-bond acceptors (Lipinski definition) is 4. The van der Waals surface area contributed by atoms with E-state index in [0.29, 0.717) is 43.2 Å². The number of benzene rings is 2. The van der Waals surface area contributed by atoms with Crippen molar-refractivity contribution >= 4 is 5.91 Å². The number of rotatable bonds is 4. The second-order valence-corrected chi connectivity index (χ2v) is 6.39. The molecule has 1 aliphatic rings. The predicted octanol–water partition coefficient (Wildman–Crippen LogP) is 2.99. The first kappa shape index (κ1) is 16.9. The van der Waals surface area contributed by atoms with E-state index < -0.39 is 0 Å². The quantitative estimate of drug-likeness (QED) is 0.719. The minimum atomic E-state index is 0.0267. The van der Waals surface area contributed by atoms with E-state index in [9.17, 15) is 4.79 Å². The summed E-state index contributed by atoms with van der Waals surface area (Å²) in [6.45, 7) is 2.11. The first-order chi connectivity index (χ1) is 13.2. The zero-order valence-electron chi connectivity index (χ0n) is 14.7. The fraction of sp³-hybridized carbons (Fsp3) is 0.190. The first-order valence-electron chi connectivity index (χ1n) is 8.76. The average Bonchev–Trinajstić information content (AvgIpc) is 3.14. The highest BCUT2D eigenvalue weighted by atomic mass is 16.5. The van der Waals surface area contributed by atoms with Gasteiger partial charge in [-0.15, -0.1) is 5.10 Å². The highest BCUT2D eigenvalue weighted by Gasteiger charge is 2.23. The van der Waals surface area contributed by atoms with Gasteiger partial charge in [-0.3, -0.25) is 9.48 Å². The van der Waals surface area contributed by atoms with Gasteiger partial charge in [0, 0.05) is 18.2 Å². The van der Waals surface area contributed by atoms with Crippen molar-refractivity contribution in [1.82, 2.24) is 14.7 Å². The summed E-state index contributed by atoms with van der Waals surface area (Å²) in [5.41, 5.74) is 3.17. The van der Waals surface area contributed by atoms with Gasteiger partial charge < -0.3 is 9.64 Å². The van der Waals surface area contributed by atoms with Crippen LogP contribution in [0.1, 0.15) is 27.2 Å². The number of ether oxygens (including phenoxy) is 1. The van der Waals surface area contributed by atoms with E-state index >= 15 is 0 Å². The maximum absolute atomic E-state index is 12.6. The van der Waals surface area contributed by atoms with Gasteiger partial charge in [0.25, 0.3) is 5.91 Å². The fourth-order valence-electron chi connectivity index (χ4n) is 3.14. The van der Waals surface area contributed by atoms with E-state index in [4.69, 9.17) is 10.00 Å². The smallest absolute Gasteiger partial charge is 0.254 e. The standard InChI is InChI=1S/C21H18N4O2/c22-13-16-5-4-6-17(11-16)15-27-20-12-19-14-24(9-10-25(19)23-20)21(26)18-7-2-1-3-8-18/h1-8,11-12H,9-10,14-15H2. The lowest BCUT2D eigenvalue weighted by Gasteiger charge is -2.27. The molecule has 4 rings (SSSR count). The summed E-state index contributed by atoms with van der Waals surface area (Å²) in [7, 11) is 0. The summed E-state index contributed by atoms with van der Waals surface area (Å²) in [5, 5.41) is 13.4. The maximum atomic E-state index is 12.6. The average molecular weight is 358 g/mol. The molecule has 0 saturated heterocycles. The van der Waals surface area contributed by atoms with Crippen LogP contribution in [0.2, 0.25) is 0 Å². The first-order valence-corrected chi connectivity index (χ1v) is 8.76. The highest BCUT2D eigenvalue weighted by Crippen LogP contribution is 2.20. The molecule has 6 heteroatoms. The van der Waals surface area contributed by atoms with Gasteiger partial charge in [-0.2, -0.15) is 5.26 Å². The Morgan fingerprint density at radius 1 is 1.11 bits per heavy atom. The number of hydrogen-bond donors (Lipinski definition) is 0. The molecule has 27 heavy (non-hydrogen) atoms. The van der Waals surface area contributed by atoms with Gasteiger partial charge in [0.05, 0.1) is 30.4 Å². The molecule has 1 aromatic heterocycles.